The molecule has 1 N–H and O–H groups in total. The van der Waals surface area contributed by atoms with E-state index in [9.17, 15) is 4.79 Å². The molecule has 18 heavy (non-hydrogen) atoms. The zero-order valence-electron chi connectivity index (χ0n) is 10.00. The number of hydrazone groups is 1. The average Bonchev–Trinajstić information content (AvgIpc) is 2.40. The van der Waals surface area contributed by atoms with E-state index >= 15 is 0 Å². The van der Waals surface area contributed by atoms with Gasteiger partial charge in [-0.1, -0.05) is 23.8 Å². The van der Waals surface area contributed by atoms with Crippen LogP contribution in [0.1, 0.15) is 21.6 Å². The minimum atomic E-state index is -0.231. The largest absolute Gasteiger partial charge is 0.271 e. The lowest BCUT2D eigenvalue weighted by Gasteiger charge is -2.00. The van der Waals surface area contributed by atoms with Crippen LogP contribution in [0.25, 0.3) is 0 Å². The minimum Gasteiger partial charge on any atom is -0.267 e. The first-order valence-corrected chi connectivity index (χ1v) is 5.57. The lowest BCUT2D eigenvalue weighted by atomic mass is 10.1. The maximum Gasteiger partial charge on any atom is 0.271 e. The van der Waals surface area contributed by atoms with Gasteiger partial charge in [0, 0.05) is 11.8 Å². The predicted octanol–water partition coefficient (Wildman–Crippen LogP) is 2.15. The molecule has 0 bridgehead atoms. The molecule has 0 saturated carbocycles. The zero-order chi connectivity index (χ0) is 12.8. The molecule has 90 valence electrons. The van der Waals surface area contributed by atoms with Crippen molar-refractivity contribution in [2.45, 2.75) is 6.92 Å². The SMILES string of the molecule is Cc1cccc(C(=O)NN=Cc2ccccn2)c1. The topological polar surface area (TPSA) is 54.4 Å². The summed E-state index contributed by atoms with van der Waals surface area (Å²) in [4.78, 5) is 15.8. The van der Waals surface area contributed by atoms with E-state index in [1.165, 1.54) is 6.21 Å². The van der Waals surface area contributed by atoms with Crippen LogP contribution in [0, 0.1) is 6.92 Å². The van der Waals surface area contributed by atoms with Crippen molar-refractivity contribution < 1.29 is 4.79 Å². The van der Waals surface area contributed by atoms with Gasteiger partial charge in [-0.2, -0.15) is 5.10 Å². The number of hydrogen-bond donors (Lipinski definition) is 1. The number of hydrogen-bond acceptors (Lipinski definition) is 3. The number of carbonyl (C=O) groups is 1. The van der Waals surface area contributed by atoms with Gasteiger partial charge < -0.3 is 0 Å². The molecule has 0 unspecified atom stereocenters. The molecular weight excluding hydrogens is 226 g/mol. The fourth-order valence-corrected chi connectivity index (χ4v) is 1.46. The second kappa shape index (κ2) is 5.72. The molecule has 1 amide bonds. The molecule has 0 aliphatic heterocycles. The summed E-state index contributed by atoms with van der Waals surface area (Å²) in [5.41, 5.74) is 4.79. The molecule has 0 atom stereocenters. The van der Waals surface area contributed by atoms with E-state index < -0.39 is 0 Å². The standard InChI is InChI=1S/C14H13N3O/c1-11-5-4-6-12(9-11)14(18)17-16-10-13-7-2-3-8-15-13/h2-10H,1H3,(H,17,18). The maximum atomic E-state index is 11.7. The van der Waals surface area contributed by atoms with Crippen molar-refractivity contribution in [3.05, 3.63) is 65.5 Å². The van der Waals surface area contributed by atoms with E-state index in [4.69, 9.17) is 0 Å². The van der Waals surface area contributed by atoms with Crippen molar-refractivity contribution >= 4 is 12.1 Å². The number of benzene rings is 1. The number of amides is 1. The monoisotopic (exact) mass is 239 g/mol. The Bertz CT molecular complexity index is 564. The van der Waals surface area contributed by atoms with E-state index in [1.54, 1.807) is 12.3 Å². The van der Waals surface area contributed by atoms with Gasteiger partial charge in [0.05, 0.1) is 11.9 Å². The second-order valence-corrected chi connectivity index (χ2v) is 3.82. The Labute approximate surface area is 105 Å². The third kappa shape index (κ3) is 3.25. The number of nitrogens with zero attached hydrogens (tertiary/aromatic N) is 2. The van der Waals surface area contributed by atoms with Gasteiger partial charge in [-0.05, 0) is 31.2 Å². The molecule has 0 spiro atoms. The average molecular weight is 239 g/mol. The van der Waals surface area contributed by atoms with Gasteiger partial charge in [-0.3, -0.25) is 9.78 Å². The Kier molecular flexibility index (Phi) is 3.81. The van der Waals surface area contributed by atoms with Crippen LogP contribution in [0.4, 0.5) is 0 Å². The van der Waals surface area contributed by atoms with E-state index in [1.807, 2.05) is 43.3 Å². The van der Waals surface area contributed by atoms with Crippen LogP contribution < -0.4 is 5.43 Å². The van der Waals surface area contributed by atoms with Gasteiger partial charge in [0.1, 0.15) is 0 Å². The third-order valence-electron chi connectivity index (χ3n) is 2.33. The van der Waals surface area contributed by atoms with E-state index in [-0.39, 0.29) is 5.91 Å². The first kappa shape index (κ1) is 12.0. The van der Waals surface area contributed by atoms with Crippen LogP contribution in [0.2, 0.25) is 0 Å². The van der Waals surface area contributed by atoms with Crippen LogP contribution in [0.3, 0.4) is 0 Å². The van der Waals surface area contributed by atoms with Gasteiger partial charge in [-0.25, -0.2) is 5.43 Å². The quantitative estimate of drug-likeness (QED) is 0.659. The normalized spacial score (nSPS) is 10.5. The Hall–Kier alpha value is -2.49. The number of carbonyl (C=O) groups excluding carboxylic acids is 1. The van der Waals surface area contributed by atoms with Gasteiger partial charge in [-0.15, -0.1) is 0 Å². The number of pyridine rings is 1. The molecule has 0 saturated heterocycles. The molecular formula is C14H13N3O. The van der Waals surface area contributed by atoms with Crippen LogP contribution >= 0.6 is 0 Å². The molecule has 1 heterocycles. The molecule has 1 aromatic heterocycles. The van der Waals surface area contributed by atoms with Crippen LogP contribution in [-0.2, 0) is 0 Å². The van der Waals surface area contributed by atoms with Crippen molar-refractivity contribution in [1.29, 1.82) is 0 Å². The van der Waals surface area contributed by atoms with Crippen molar-refractivity contribution in [3.8, 4) is 0 Å². The molecule has 0 radical (unpaired) electrons. The van der Waals surface area contributed by atoms with Gasteiger partial charge in [0.2, 0.25) is 0 Å². The highest BCUT2D eigenvalue weighted by molar-refractivity contribution is 5.94. The lowest BCUT2D eigenvalue weighted by molar-refractivity contribution is 0.0955. The first-order valence-electron chi connectivity index (χ1n) is 5.57. The van der Waals surface area contributed by atoms with Gasteiger partial charge >= 0.3 is 0 Å². The lowest BCUT2D eigenvalue weighted by Crippen LogP contribution is -2.17. The Morgan fingerprint density at radius 1 is 1.28 bits per heavy atom. The number of aryl methyl sites for hydroxylation is 1. The third-order valence-corrected chi connectivity index (χ3v) is 2.33. The molecule has 2 aromatic rings. The summed E-state index contributed by atoms with van der Waals surface area (Å²) in [5, 5.41) is 3.86. The zero-order valence-corrected chi connectivity index (χ0v) is 10.00. The Balaban J connectivity index is 1.99. The summed E-state index contributed by atoms with van der Waals surface area (Å²) >= 11 is 0. The summed E-state index contributed by atoms with van der Waals surface area (Å²) in [6.45, 7) is 1.94. The molecule has 4 heteroatoms. The first-order chi connectivity index (χ1) is 8.75. The molecule has 4 nitrogen and oxygen atoms in total. The van der Waals surface area contributed by atoms with Crippen molar-refractivity contribution in [2.75, 3.05) is 0 Å². The van der Waals surface area contributed by atoms with Gasteiger partial charge in [0.25, 0.3) is 5.91 Å². The molecule has 2 rings (SSSR count). The highest BCUT2D eigenvalue weighted by atomic mass is 16.2. The van der Waals surface area contributed by atoms with E-state index in [2.05, 4.69) is 15.5 Å². The number of aromatic nitrogens is 1. The summed E-state index contributed by atoms with van der Waals surface area (Å²) in [6.07, 6.45) is 3.18. The van der Waals surface area contributed by atoms with Crippen LogP contribution in [-0.4, -0.2) is 17.1 Å². The van der Waals surface area contributed by atoms with Gasteiger partial charge in [0.15, 0.2) is 0 Å². The Morgan fingerprint density at radius 2 is 2.17 bits per heavy atom. The summed E-state index contributed by atoms with van der Waals surface area (Å²) < 4.78 is 0. The fraction of sp³-hybridized carbons (Fsp3) is 0.0714. The fourth-order valence-electron chi connectivity index (χ4n) is 1.46. The highest BCUT2D eigenvalue weighted by Crippen LogP contribution is 2.03. The molecule has 0 aliphatic rings. The summed E-state index contributed by atoms with van der Waals surface area (Å²) in [6, 6.07) is 12.8. The van der Waals surface area contributed by atoms with E-state index in [0.29, 0.717) is 11.3 Å². The number of nitrogens with one attached hydrogen (secondary N) is 1. The second-order valence-electron chi connectivity index (χ2n) is 3.82. The predicted molar refractivity (Wildman–Crippen MR) is 70.5 cm³/mol. The van der Waals surface area contributed by atoms with Crippen molar-refractivity contribution in [1.82, 2.24) is 10.4 Å². The summed E-state index contributed by atoms with van der Waals surface area (Å²) in [5.74, 6) is -0.231. The maximum absolute atomic E-state index is 11.7. The molecule has 1 aromatic carbocycles. The van der Waals surface area contributed by atoms with Crippen molar-refractivity contribution in [3.63, 3.8) is 0 Å². The van der Waals surface area contributed by atoms with Crippen LogP contribution in [0.5, 0.6) is 0 Å². The van der Waals surface area contributed by atoms with Crippen LogP contribution in [0.15, 0.2) is 53.8 Å². The molecule has 0 fully saturated rings. The minimum absolute atomic E-state index is 0.231. The molecule has 0 aliphatic carbocycles. The smallest absolute Gasteiger partial charge is 0.267 e. The number of rotatable bonds is 3. The van der Waals surface area contributed by atoms with E-state index in [0.717, 1.165) is 5.56 Å². The van der Waals surface area contributed by atoms with Crippen molar-refractivity contribution in [2.24, 2.45) is 5.10 Å². The Morgan fingerprint density at radius 3 is 2.89 bits per heavy atom. The summed E-state index contributed by atoms with van der Waals surface area (Å²) in [7, 11) is 0. The highest BCUT2D eigenvalue weighted by Gasteiger charge is 2.02.